The zero-order chi connectivity index (χ0) is 22.0. The van der Waals surface area contributed by atoms with Gasteiger partial charge in [-0.05, 0) is 61.4 Å². The number of amides is 1. The Balaban J connectivity index is 1.46. The highest BCUT2D eigenvalue weighted by Crippen LogP contribution is 2.32. The lowest BCUT2D eigenvalue weighted by molar-refractivity contribution is 0.102. The van der Waals surface area contributed by atoms with Crippen molar-refractivity contribution in [3.63, 3.8) is 0 Å². The Morgan fingerprint density at radius 3 is 2.55 bits per heavy atom. The normalized spacial score (nSPS) is 17.4. The van der Waals surface area contributed by atoms with Crippen LogP contribution in [0, 0.1) is 5.82 Å². The molecule has 0 radical (unpaired) electrons. The van der Waals surface area contributed by atoms with Gasteiger partial charge in [0.05, 0.1) is 4.90 Å². The van der Waals surface area contributed by atoms with Gasteiger partial charge in [0.15, 0.2) is 0 Å². The van der Waals surface area contributed by atoms with Gasteiger partial charge in [-0.3, -0.25) is 4.79 Å². The number of benzene rings is 2. The second-order valence-electron chi connectivity index (χ2n) is 7.06. The zero-order valence-electron chi connectivity index (χ0n) is 16.2. The number of sulfonamides is 1. The van der Waals surface area contributed by atoms with Gasteiger partial charge in [-0.15, -0.1) is 10.2 Å². The smallest absolute Gasteiger partial charge is 0.286 e. The molecule has 1 saturated heterocycles. The van der Waals surface area contributed by atoms with Crippen molar-refractivity contribution in [3.05, 3.63) is 69.4 Å². The summed E-state index contributed by atoms with van der Waals surface area (Å²) < 4.78 is 40.4. The summed E-state index contributed by atoms with van der Waals surface area (Å²) in [6, 6.07) is 11.5. The number of nitrogens with one attached hydrogen (secondary N) is 1. The summed E-state index contributed by atoms with van der Waals surface area (Å²) in [5.74, 6) is -0.996. The Hall–Kier alpha value is -2.40. The van der Waals surface area contributed by atoms with Crippen molar-refractivity contribution in [1.82, 2.24) is 14.5 Å². The van der Waals surface area contributed by atoms with Crippen LogP contribution in [0.25, 0.3) is 0 Å². The summed E-state index contributed by atoms with van der Waals surface area (Å²) in [5, 5.41) is 12.0. The molecule has 1 amide bonds. The van der Waals surface area contributed by atoms with Crippen LogP contribution in [0.2, 0.25) is 5.02 Å². The van der Waals surface area contributed by atoms with Crippen LogP contribution in [0.4, 0.5) is 10.1 Å². The molecule has 3 aromatic rings. The molecule has 4 rings (SSSR count). The first-order chi connectivity index (χ1) is 14.8. The van der Waals surface area contributed by atoms with Gasteiger partial charge < -0.3 is 5.32 Å². The van der Waals surface area contributed by atoms with Crippen LogP contribution in [-0.2, 0) is 10.0 Å². The summed E-state index contributed by atoms with van der Waals surface area (Å²) in [6.45, 7) is 0.678. The standard InChI is InChI=1S/C20H18ClFN4O3S2/c21-14-3-9-17(10-4-14)31(28,29)26-11-1-2-13(12-26)19-24-25-20(30-19)18(27)23-16-7-5-15(22)6-8-16/h3-10,13H,1-2,11-12H2,(H,23,27)/t13-/m0/s1. The van der Waals surface area contributed by atoms with E-state index < -0.39 is 21.7 Å². The quantitative estimate of drug-likeness (QED) is 0.592. The molecule has 11 heteroatoms. The Kier molecular flexibility index (Phi) is 6.33. The van der Waals surface area contributed by atoms with E-state index in [1.54, 1.807) is 12.1 Å². The molecule has 0 unspecified atom stereocenters. The Morgan fingerprint density at radius 1 is 1.13 bits per heavy atom. The highest BCUT2D eigenvalue weighted by molar-refractivity contribution is 7.89. The van der Waals surface area contributed by atoms with E-state index in [9.17, 15) is 17.6 Å². The fraction of sp³-hybridized carbons (Fsp3) is 0.250. The lowest BCUT2D eigenvalue weighted by Crippen LogP contribution is -2.39. The first-order valence-electron chi connectivity index (χ1n) is 9.49. The average Bonchev–Trinajstić information content (AvgIpc) is 3.26. The predicted octanol–water partition coefficient (Wildman–Crippen LogP) is 4.15. The number of carbonyl (C=O) groups is 1. The number of rotatable bonds is 5. The molecule has 2 heterocycles. The van der Waals surface area contributed by atoms with E-state index in [2.05, 4.69) is 15.5 Å². The van der Waals surface area contributed by atoms with Crippen molar-refractivity contribution in [2.75, 3.05) is 18.4 Å². The first kappa shape index (κ1) is 21.8. The second-order valence-corrected chi connectivity index (χ2v) is 10.4. The van der Waals surface area contributed by atoms with Crippen LogP contribution in [0.15, 0.2) is 53.4 Å². The van der Waals surface area contributed by atoms with Crippen molar-refractivity contribution in [2.24, 2.45) is 0 Å². The van der Waals surface area contributed by atoms with Gasteiger partial charge in [0.25, 0.3) is 5.91 Å². The van der Waals surface area contributed by atoms with Crippen molar-refractivity contribution < 1.29 is 17.6 Å². The highest BCUT2D eigenvalue weighted by atomic mass is 35.5. The van der Waals surface area contributed by atoms with Gasteiger partial charge in [-0.25, -0.2) is 12.8 Å². The number of hydrogen-bond acceptors (Lipinski definition) is 6. The maximum atomic E-state index is 13.0. The first-order valence-corrected chi connectivity index (χ1v) is 12.1. The molecule has 1 fully saturated rings. The van der Waals surface area contributed by atoms with Crippen molar-refractivity contribution >= 4 is 44.6 Å². The molecule has 31 heavy (non-hydrogen) atoms. The highest BCUT2D eigenvalue weighted by Gasteiger charge is 2.32. The van der Waals surface area contributed by atoms with Crippen LogP contribution in [0.5, 0.6) is 0 Å². The van der Waals surface area contributed by atoms with Crippen LogP contribution in [0.3, 0.4) is 0 Å². The molecule has 0 bridgehead atoms. The molecule has 0 saturated carbocycles. The molecule has 1 atom stereocenters. The number of anilines is 1. The fourth-order valence-corrected chi connectivity index (χ4v) is 5.84. The molecular formula is C20H18ClFN4O3S2. The Labute approximate surface area is 187 Å². The lowest BCUT2D eigenvalue weighted by Gasteiger charge is -2.30. The third kappa shape index (κ3) is 4.93. The summed E-state index contributed by atoms with van der Waals surface area (Å²) in [5.41, 5.74) is 0.445. The molecule has 2 aromatic carbocycles. The van der Waals surface area contributed by atoms with Crippen LogP contribution < -0.4 is 5.32 Å². The number of nitrogens with zero attached hydrogens (tertiary/aromatic N) is 3. The Bertz CT molecular complexity index is 1180. The lowest BCUT2D eigenvalue weighted by atomic mass is 10.0. The molecule has 0 spiro atoms. The number of aromatic nitrogens is 2. The second kappa shape index (κ2) is 8.99. The minimum atomic E-state index is -3.65. The van der Waals surface area contributed by atoms with Gasteiger partial charge in [0.2, 0.25) is 15.0 Å². The molecule has 7 nitrogen and oxygen atoms in total. The summed E-state index contributed by atoms with van der Waals surface area (Å²) in [6.07, 6.45) is 1.43. The number of halogens is 2. The molecule has 1 aliphatic rings. The van der Waals surface area contributed by atoms with Crippen molar-refractivity contribution in [1.29, 1.82) is 0 Å². The third-order valence-electron chi connectivity index (χ3n) is 4.92. The number of piperidine rings is 1. The maximum Gasteiger partial charge on any atom is 0.286 e. The van der Waals surface area contributed by atoms with Crippen LogP contribution >= 0.6 is 22.9 Å². The third-order valence-corrected chi connectivity index (χ3v) is 8.14. The van der Waals surface area contributed by atoms with Crippen molar-refractivity contribution in [2.45, 2.75) is 23.7 Å². The van der Waals surface area contributed by atoms with Crippen molar-refractivity contribution in [3.8, 4) is 0 Å². The summed E-state index contributed by atoms with van der Waals surface area (Å²) >= 11 is 7.00. The van der Waals surface area contributed by atoms with Crippen LogP contribution in [0.1, 0.15) is 33.6 Å². The van der Waals surface area contributed by atoms with Gasteiger partial charge >= 0.3 is 0 Å². The van der Waals surface area contributed by atoms with E-state index in [1.807, 2.05) is 0 Å². The van der Waals surface area contributed by atoms with Crippen LogP contribution in [-0.4, -0.2) is 41.9 Å². The number of hydrogen-bond donors (Lipinski definition) is 1. The van der Waals surface area contributed by atoms with E-state index in [-0.39, 0.29) is 22.4 Å². The van der Waals surface area contributed by atoms with E-state index >= 15 is 0 Å². The summed E-state index contributed by atoms with van der Waals surface area (Å²) in [4.78, 5) is 12.6. The molecule has 0 aliphatic carbocycles. The van der Waals surface area contributed by atoms with Gasteiger partial charge in [0, 0.05) is 29.7 Å². The van der Waals surface area contributed by atoms with E-state index in [1.165, 1.54) is 40.7 Å². The average molecular weight is 481 g/mol. The van der Waals surface area contributed by atoms with Gasteiger partial charge in [-0.1, -0.05) is 22.9 Å². The van der Waals surface area contributed by atoms with E-state index in [0.717, 1.165) is 17.8 Å². The summed E-state index contributed by atoms with van der Waals surface area (Å²) in [7, 11) is -3.65. The predicted molar refractivity (Wildman–Crippen MR) is 116 cm³/mol. The fourth-order valence-electron chi connectivity index (χ4n) is 3.33. The minimum Gasteiger partial charge on any atom is -0.320 e. The largest absolute Gasteiger partial charge is 0.320 e. The maximum absolute atomic E-state index is 13.0. The minimum absolute atomic E-state index is 0.152. The number of carbonyl (C=O) groups excluding carboxylic acids is 1. The van der Waals surface area contributed by atoms with Gasteiger partial charge in [0.1, 0.15) is 10.8 Å². The zero-order valence-corrected chi connectivity index (χ0v) is 18.6. The van der Waals surface area contributed by atoms with E-state index in [4.69, 9.17) is 11.6 Å². The molecule has 1 aromatic heterocycles. The molecular weight excluding hydrogens is 463 g/mol. The molecule has 1 N–H and O–H groups in total. The monoisotopic (exact) mass is 480 g/mol. The topological polar surface area (TPSA) is 92.3 Å². The SMILES string of the molecule is O=C(Nc1ccc(F)cc1)c1nnc([C@H]2CCCN(S(=O)(=O)c3ccc(Cl)cc3)C2)s1. The Morgan fingerprint density at radius 2 is 1.84 bits per heavy atom. The molecule has 162 valence electrons. The van der Waals surface area contributed by atoms with E-state index in [0.29, 0.717) is 28.7 Å². The molecule has 1 aliphatic heterocycles. The van der Waals surface area contributed by atoms with Gasteiger partial charge in [-0.2, -0.15) is 4.31 Å².